The molecule has 5 heterocycles. The van der Waals surface area contributed by atoms with Gasteiger partial charge in [0.2, 0.25) is 0 Å². The first-order chi connectivity index (χ1) is 67.8. The molecule has 0 amide bonds. The Bertz CT molecular complexity index is 5670. The molecule has 10 nitrogen and oxygen atoms in total. The minimum atomic E-state index is -2.80. The zero-order valence-electron chi connectivity index (χ0n) is 94.2. The average Bonchev–Trinajstić information content (AvgIpc) is 1.02. The van der Waals surface area contributed by atoms with Gasteiger partial charge in [0, 0.05) is 114 Å². The van der Waals surface area contributed by atoms with Gasteiger partial charge in [-0.05, 0) is 315 Å². The predicted molar refractivity (Wildman–Crippen MR) is 503 cm³/mol. The van der Waals surface area contributed by atoms with E-state index in [0.29, 0.717) is 102 Å². The normalized spacial score (nSPS) is 25.1. The number of halogens is 5. The average molecular weight is 1740 g/mol. The lowest BCUT2D eigenvalue weighted by Crippen LogP contribution is -2.31. The van der Waals surface area contributed by atoms with Crippen LogP contribution in [0.3, 0.4) is 0 Å². The molecule has 0 spiro atoms. The molecule has 10 aromatic rings. The monoisotopic (exact) mass is 1740 g/mol. The summed E-state index contributed by atoms with van der Waals surface area (Å²) in [5.74, 6) is 0. The Morgan fingerprint density at radius 3 is 0.825 bits per heavy atom. The number of likely N-dealkylation sites (tertiary alicyclic amines) is 5. The molecule has 0 radical (unpaired) electrons. The maximum atomic E-state index is 8.63. The highest BCUT2D eigenvalue weighted by molar-refractivity contribution is 6.31. The second kappa shape index (κ2) is 46.3. The van der Waals surface area contributed by atoms with Gasteiger partial charge >= 0.3 is 0 Å². The number of hydrogen-bond donors (Lipinski definition) is 0. The van der Waals surface area contributed by atoms with E-state index >= 15 is 0 Å². The van der Waals surface area contributed by atoms with Gasteiger partial charge in [0.05, 0.1) is 8.22 Å². The quantitative estimate of drug-likeness (QED) is 0.0435. The molecule has 10 atom stereocenters. The zero-order chi connectivity index (χ0) is 106. The lowest BCUT2D eigenvalue weighted by molar-refractivity contribution is -0.0119. The first-order valence-electron chi connectivity index (χ1n) is 53.9. The molecule has 120 heavy (non-hydrogen) atoms. The van der Waals surface area contributed by atoms with Crippen molar-refractivity contribution in [1.29, 1.82) is 0 Å². The van der Waals surface area contributed by atoms with Crippen molar-refractivity contribution in [1.82, 2.24) is 24.5 Å². The molecule has 0 unspecified atom stereocenters. The Kier molecular flexibility index (Phi) is 25.0. The van der Waals surface area contributed by atoms with Crippen molar-refractivity contribution in [3.05, 3.63) is 354 Å². The maximum Gasteiger partial charge on any atom is 0.115 e. The fourth-order valence-electron chi connectivity index (χ4n) is 15.7. The van der Waals surface area contributed by atoms with E-state index in [1.807, 2.05) is 111 Å². The van der Waals surface area contributed by atoms with E-state index in [4.69, 9.17) is 116 Å². The molecule has 5 aliphatic rings. The van der Waals surface area contributed by atoms with E-state index in [0.717, 1.165) is 80.6 Å². The zero-order valence-corrected chi connectivity index (χ0v) is 73.0. The second-order valence-electron chi connectivity index (χ2n) is 31.4. The Hall–Kier alpha value is -6.75. The summed E-state index contributed by atoms with van der Waals surface area (Å²) in [6, 6.07) is 77.4. The van der Waals surface area contributed by atoms with Crippen molar-refractivity contribution in [2.75, 3.05) is 101 Å². The third-order valence-corrected chi connectivity index (χ3v) is 24.5. The van der Waals surface area contributed by atoms with Gasteiger partial charge in [-0.3, -0.25) is 0 Å². The molecule has 5 fully saturated rings. The van der Waals surface area contributed by atoms with Gasteiger partial charge in [-0.1, -0.05) is 270 Å². The number of nitrogens with zero attached hydrogens (tertiary/aromatic N) is 5. The van der Waals surface area contributed by atoms with Crippen molar-refractivity contribution >= 4 is 58.0 Å². The van der Waals surface area contributed by atoms with Crippen molar-refractivity contribution < 1.29 is 58.0 Å². The van der Waals surface area contributed by atoms with Crippen LogP contribution in [0.1, 0.15) is 221 Å². The van der Waals surface area contributed by atoms with Crippen LogP contribution in [0.15, 0.2) is 273 Å². The van der Waals surface area contributed by atoms with Gasteiger partial charge in [0.1, 0.15) is 28.0 Å². The van der Waals surface area contributed by atoms with Gasteiger partial charge in [-0.2, -0.15) is 0 Å². The van der Waals surface area contributed by atoms with Gasteiger partial charge in [-0.25, -0.2) is 0 Å². The molecule has 0 N–H and O–H groups in total. The van der Waals surface area contributed by atoms with Crippen molar-refractivity contribution in [3.8, 4) is 0 Å². The molecule has 15 rings (SSSR count). The van der Waals surface area contributed by atoms with Crippen molar-refractivity contribution in [2.45, 2.75) is 189 Å². The van der Waals surface area contributed by atoms with Crippen molar-refractivity contribution in [3.63, 3.8) is 0 Å². The summed E-state index contributed by atoms with van der Waals surface area (Å²) in [6.07, 6.45) is 4.54. The Labute approximate surface area is 779 Å². The maximum absolute atomic E-state index is 8.63. The molecule has 5 saturated heterocycles. The summed E-state index contributed by atoms with van der Waals surface area (Å²) >= 11 is 30.2. The third-order valence-electron chi connectivity index (χ3n) is 23.2. The Balaban J connectivity index is 0.000000173. The fourth-order valence-corrected chi connectivity index (χ4v) is 16.3. The van der Waals surface area contributed by atoms with E-state index < -0.39 is 101 Å². The number of hydrogen-bond acceptors (Lipinski definition) is 10. The fraction of sp³-hybridized carbons (Fsp3) is 0.429. The second-order valence-corrected chi connectivity index (χ2v) is 33.6. The summed E-state index contributed by atoms with van der Waals surface area (Å²) in [7, 11) is 5.97. The van der Waals surface area contributed by atoms with Crippen LogP contribution < -0.4 is 0 Å². The topological polar surface area (TPSA) is 62.4 Å². The summed E-state index contributed by atoms with van der Waals surface area (Å²) in [5, 5.41) is 2.63. The summed E-state index contributed by atoms with van der Waals surface area (Å²) in [4.78, 5) is 8.88. The molecule has 5 aliphatic heterocycles. The van der Waals surface area contributed by atoms with Crippen LogP contribution in [0.4, 0.5) is 0 Å². The van der Waals surface area contributed by atoms with Gasteiger partial charge < -0.3 is 48.2 Å². The van der Waals surface area contributed by atoms with Gasteiger partial charge in [0.25, 0.3) is 0 Å². The molecular weight excluding hydrogens is 1590 g/mol. The van der Waals surface area contributed by atoms with Crippen LogP contribution in [0.2, 0.25) is 25.1 Å². The lowest BCUT2D eigenvalue weighted by Gasteiger charge is -2.32. The molecular formula is C105H130Cl5N5O5. The van der Waals surface area contributed by atoms with Crippen LogP contribution >= 0.6 is 58.0 Å². The van der Waals surface area contributed by atoms with E-state index in [-0.39, 0.29) is 50.5 Å². The smallest absolute Gasteiger partial charge is 0.115 e. The SMILES string of the molecule is [2H]C([2H])(CO[C@](c1ccccc1)(c1ccc(Cl)cc1)C([2H])([2H])[2H])[C@H]1CCCN1C.[2H]C([2H])(C[C@H]1CCCN1C([2H])([2H])[2H])O[C@](C)(c1ccccc1)c1ccc(Cl)cc1.[2H]C([2H])(C[C@H]1CCCN1C)O[C@](c1ccccc1)(c1ccc(Cl)cc1)C([2H])([2H])[2H].[2H]C([2H])([2H])N1CCC[C@@H]1C([2H])([2H])C([2H])([2H])O[C@](C)(c1ccccc1)c1ccc(Cl)cc1.[2H]C([2H])([2H])[C@@](OCC[C@H]1CCCN1C)(c1ccccc1)c1ccc(Cl)cc1. The van der Waals surface area contributed by atoms with Crippen LogP contribution in [0.25, 0.3) is 0 Å². The highest BCUT2D eigenvalue weighted by Gasteiger charge is 2.37. The number of benzene rings is 10. The lowest BCUT2D eigenvalue weighted by atomic mass is 9.88. The molecule has 0 saturated carbocycles. The van der Waals surface area contributed by atoms with Crippen molar-refractivity contribution in [2.24, 2.45) is 0 Å². The molecule has 640 valence electrons. The van der Waals surface area contributed by atoms with Gasteiger partial charge in [0.15, 0.2) is 0 Å². The molecule has 15 heteroatoms. The van der Waals surface area contributed by atoms with Crippen LogP contribution in [-0.2, 0) is 51.7 Å². The molecule has 0 aliphatic carbocycles. The van der Waals surface area contributed by atoms with E-state index in [2.05, 4.69) is 16.8 Å². The molecule has 10 aromatic carbocycles. The number of rotatable bonds is 30. The van der Waals surface area contributed by atoms with E-state index in [1.54, 1.807) is 195 Å². The first-order valence-corrected chi connectivity index (χ1v) is 43.3. The van der Waals surface area contributed by atoms with Crippen LogP contribution in [-0.4, -0.2) is 155 Å². The standard InChI is InChI=1S/5C21H26ClNO/c5*1-21(17-7-4-3-5-8-17,18-10-12-19(22)13-11-18)24-16-14-20-9-6-15-23(20)2/h5*3-5,7-8,10-13,20H,6,9,14-16H2,1-2H3/t5*20-,21-/m11111/s1/i2D3,14D2,16D2;2D3,16D2;1D3,16D2;1D3,14D2;1D3. The summed E-state index contributed by atoms with van der Waals surface area (Å²) in [5.41, 5.74) is -2.03. The first kappa shape index (κ1) is 64.9. The van der Waals surface area contributed by atoms with E-state index in [1.165, 1.54) is 11.3 Å². The van der Waals surface area contributed by atoms with Crippen LogP contribution in [0.5, 0.6) is 0 Å². The predicted octanol–water partition coefficient (Wildman–Crippen LogP) is 25.5. The minimum Gasteiger partial charge on any atom is -0.366 e. The highest BCUT2D eigenvalue weighted by Crippen LogP contribution is 2.41. The van der Waals surface area contributed by atoms with Crippen LogP contribution in [0, 0.1) is 0 Å². The third kappa shape index (κ3) is 26.0. The highest BCUT2D eigenvalue weighted by atomic mass is 35.5. The van der Waals surface area contributed by atoms with Gasteiger partial charge in [-0.15, -0.1) is 0 Å². The largest absolute Gasteiger partial charge is 0.366 e. The molecule has 0 bridgehead atoms. The Morgan fingerprint density at radius 2 is 0.508 bits per heavy atom. The summed E-state index contributed by atoms with van der Waals surface area (Å²) < 4.78 is 238. The summed E-state index contributed by atoms with van der Waals surface area (Å²) in [6.45, 7) is -12.3. The molecule has 0 aromatic heterocycles. The minimum absolute atomic E-state index is 0.0125. The van der Waals surface area contributed by atoms with E-state index in [9.17, 15) is 0 Å². The number of ether oxygens (including phenoxy) is 5. The Morgan fingerprint density at radius 1 is 0.275 bits per heavy atom.